The highest BCUT2D eigenvalue weighted by atomic mass is 35.5. The van der Waals surface area contributed by atoms with Crippen LogP contribution in [0.5, 0.6) is 0 Å². The monoisotopic (exact) mass is 384 g/mol. The summed E-state index contributed by atoms with van der Waals surface area (Å²) in [7, 11) is 0. The van der Waals surface area contributed by atoms with Gasteiger partial charge < -0.3 is 0 Å². The largest absolute Gasteiger partial charge is 0.299 e. The molecule has 0 aliphatic heterocycles. The topological polar surface area (TPSA) is 60.7 Å². The predicted molar refractivity (Wildman–Crippen MR) is 103 cm³/mol. The smallest absolute Gasteiger partial charge is 0.192 e. The molecular formula is C19H17ClN4OS. The van der Waals surface area contributed by atoms with Crippen LogP contribution in [-0.4, -0.2) is 30.8 Å². The van der Waals surface area contributed by atoms with Crippen molar-refractivity contribution >= 4 is 29.1 Å². The van der Waals surface area contributed by atoms with Gasteiger partial charge in [-0.2, -0.15) is 0 Å². The summed E-state index contributed by atoms with van der Waals surface area (Å²) in [5.41, 5.74) is 1.59. The van der Waals surface area contributed by atoms with E-state index >= 15 is 0 Å². The third-order valence-electron chi connectivity index (χ3n) is 4.28. The lowest BCUT2D eigenvalue weighted by atomic mass is 10.1. The van der Waals surface area contributed by atoms with Gasteiger partial charge in [0.25, 0.3) is 0 Å². The van der Waals surface area contributed by atoms with Gasteiger partial charge in [0.2, 0.25) is 0 Å². The fourth-order valence-corrected chi connectivity index (χ4v) is 3.89. The molecule has 3 aromatic rings. The van der Waals surface area contributed by atoms with Crippen molar-refractivity contribution in [2.75, 3.05) is 0 Å². The lowest BCUT2D eigenvalue weighted by Crippen LogP contribution is -2.14. The molecular weight excluding hydrogens is 368 g/mol. The lowest BCUT2D eigenvalue weighted by Gasteiger charge is -2.12. The number of carbonyl (C=O) groups excluding carboxylic acids is 1. The normalized spacial score (nSPS) is 15.0. The molecule has 1 fully saturated rings. The molecule has 1 aliphatic rings. The molecule has 0 bridgehead atoms. The number of Topliss-reactive ketones (excluding diaryl/α,β-unsaturated/α-hetero) is 1. The second kappa shape index (κ2) is 7.21. The molecule has 7 heteroatoms. The summed E-state index contributed by atoms with van der Waals surface area (Å²) >= 11 is 7.35. The van der Waals surface area contributed by atoms with E-state index < -0.39 is 0 Å². The second-order valence-corrected chi connectivity index (χ2v) is 8.02. The molecule has 1 aromatic carbocycles. The Kier molecular flexibility index (Phi) is 4.78. The minimum atomic E-state index is -0.264. The van der Waals surface area contributed by atoms with E-state index in [2.05, 4.69) is 19.7 Å². The van der Waals surface area contributed by atoms with Crippen LogP contribution in [0.2, 0.25) is 5.02 Å². The summed E-state index contributed by atoms with van der Waals surface area (Å²) in [5.74, 6) is 0.870. The molecule has 5 nitrogen and oxygen atoms in total. The molecule has 2 heterocycles. The average Bonchev–Trinajstić information content (AvgIpc) is 3.42. The van der Waals surface area contributed by atoms with Gasteiger partial charge in [-0.15, -0.1) is 10.2 Å². The first kappa shape index (κ1) is 17.2. The molecule has 1 aliphatic carbocycles. The molecule has 4 rings (SSSR count). The van der Waals surface area contributed by atoms with E-state index in [0.717, 1.165) is 29.4 Å². The van der Waals surface area contributed by atoms with Crippen LogP contribution in [0.4, 0.5) is 0 Å². The number of carbonyl (C=O) groups is 1. The number of halogens is 1. The van der Waals surface area contributed by atoms with Crippen molar-refractivity contribution in [1.29, 1.82) is 0 Å². The first-order chi connectivity index (χ1) is 12.6. The second-order valence-electron chi connectivity index (χ2n) is 6.28. The fourth-order valence-electron chi connectivity index (χ4n) is 2.77. The van der Waals surface area contributed by atoms with Crippen molar-refractivity contribution < 1.29 is 4.79 Å². The van der Waals surface area contributed by atoms with Crippen molar-refractivity contribution in [3.63, 3.8) is 0 Å². The maximum Gasteiger partial charge on any atom is 0.192 e. The zero-order valence-corrected chi connectivity index (χ0v) is 15.7. The Morgan fingerprint density at radius 1 is 1.23 bits per heavy atom. The Labute approximate surface area is 160 Å². The molecule has 0 N–H and O–H groups in total. The van der Waals surface area contributed by atoms with Gasteiger partial charge in [0.1, 0.15) is 0 Å². The SMILES string of the molecule is CC(Sc1nnc(-c2cccnc2)n1C1CC1)C(=O)c1ccc(Cl)cc1. The van der Waals surface area contributed by atoms with Crippen LogP contribution >= 0.6 is 23.4 Å². The van der Waals surface area contributed by atoms with Crippen LogP contribution in [0.1, 0.15) is 36.2 Å². The number of benzene rings is 1. The molecule has 1 unspecified atom stereocenters. The zero-order valence-electron chi connectivity index (χ0n) is 14.2. The number of aromatic nitrogens is 4. The third kappa shape index (κ3) is 3.52. The Hall–Kier alpha value is -2.18. The van der Waals surface area contributed by atoms with Crippen molar-refractivity contribution in [1.82, 2.24) is 19.7 Å². The van der Waals surface area contributed by atoms with Gasteiger partial charge in [-0.3, -0.25) is 14.3 Å². The minimum absolute atomic E-state index is 0.0555. The highest BCUT2D eigenvalue weighted by molar-refractivity contribution is 8.00. The van der Waals surface area contributed by atoms with Crippen molar-refractivity contribution in [3.8, 4) is 11.4 Å². The zero-order chi connectivity index (χ0) is 18.1. The molecule has 0 radical (unpaired) electrons. The van der Waals surface area contributed by atoms with Crippen molar-refractivity contribution in [3.05, 3.63) is 59.4 Å². The highest BCUT2D eigenvalue weighted by Crippen LogP contribution is 2.41. The summed E-state index contributed by atoms with van der Waals surface area (Å²) in [6.07, 6.45) is 5.75. The van der Waals surface area contributed by atoms with Gasteiger partial charge in [-0.25, -0.2) is 0 Å². The number of thioether (sulfide) groups is 1. The summed E-state index contributed by atoms with van der Waals surface area (Å²) in [4.78, 5) is 16.9. The van der Waals surface area contributed by atoms with E-state index in [1.54, 1.807) is 36.7 Å². The highest BCUT2D eigenvalue weighted by Gasteiger charge is 2.31. The number of pyridine rings is 1. The average molecular weight is 385 g/mol. The van der Waals surface area contributed by atoms with Gasteiger partial charge >= 0.3 is 0 Å². The maximum atomic E-state index is 12.7. The van der Waals surface area contributed by atoms with E-state index in [4.69, 9.17) is 11.6 Å². The van der Waals surface area contributed by atoms with E-state index in [1.807, 2.05) is 19.1 Å². The number of nitrogens with zero attached hydrogens (tertiary/aromatic N) is 4. The summed E-state index contributed by atoms with van der Waals surface area (Å²) in [6.45, 7) is 1.90. The van der Waals surface area contributed by atoms with Gasteiger partial charge in [0.05, 0.1) is 5.25 Å². The molecule has 0 spiro atoms. The Balaban J connectivity index is 1.59. The Morgan fingerprint density at radius 3 is 2.65 bits per heavy atom. The van der Waals surface area contributed by atoms with Crippen molar-refractivity contribution in [2.24, 2.45) is 0 Å². The Bertz CT molecular complexity index is 922. The van der Waals surface area contributed by atoms with Crippen LogP contribution in [0.25, 0.3) is 11.4 Å². The minimum Gasteiger partial charge on any atom is -0.299 e. The molecule has 132 valence electrons. The summed E-state index contributed by atoms with van der Waals surface area (Å²) in [5, 5.41) is 9.86. The first-order valence-corrected chi connectivity index (χ1v) is 9.71. The molecule has 26 heavy (non-hydrogen) atoms. The van der Waals surface area contributed by atoms with E-state index in [-0.39, 0.29) is 11.0 Å². The third-order valence-corrected chi connectivity index (χ3v) is 5.59. The van der Waals surface area contributed by atoms with Crippen LogP contribution in [0.3, 0.4) is 0 Å². The number of rotatable bonds is 6. The van der Waals surface area contributed by atoms with E-state index in [0.29, 0.717) is 16.6 Å². The predicted octanol–water partition coefficient (Wildman–Crippen LogP) is 4.69. The van der Waals surface area contributed by atoms with Crippen LogP contribution in [-0.2, 0) is 0 Å². The van der Waals surface area contributed by atoms with Gasteiger partial charge in [-0.05, 0) is 56.2 Å². The van der Waals surface area contributed by atoms with Crippen molar-refractivity contribution in [2.45, 2.75) is 36.2 Å². The molecule has 1 atom stereocenters. The molecule has 1 saturated carbocycles. The quantitative estimate of drug-likeness (QED) is 0.455. The summed E-state index contributed by atoms with van der Waals surface area (Å²) in [6, 6.07) is 11.3. The van der Waals surface area contributed by atoms with Crippen LogP contribution < -0.4 is 0 Å². The lowest BCUT2D eigenvalue weighted by molar-refractivity contribution is 0.0994. The van der Waals surface area contributed by atoms with E-state index in [1.165, 1.54) is 11.8 Å². The molecule has 0 amide bonds. The number of ketones is 1. The Morgan fingerprint density at radius 2 is 2.00 bits per heavy atom. The maximum absolute atomic E-state index is 12.7. The van der Waals surface area contributed by atoms with E-state index in [9.17, 15) is 4.79 Å². The number of hydrogen-bond acceptors (Lipinski definition) is 5. The van der Waals surface area contributed by atoms with Crippen LogP contribution in [0, 0.1) is 0 Å². The first-order valence-electron chi connectivity index (χ1n) is 8.45. The molecule has 0 saturated heterocycles. The number of hydrogen-bond donors (Lipinski definition) is 0. The fraction of sp³-hybridized carbons (Fsp3) is 0.263. The van der Waals surface area contributed by atoms with Gasteiger partial charge in [0, 0.05) is 34.6 Å². The van der Waals surface area contributed by atoms with Crippen LogP contribution in [0.15, 0.2) is 53.9 Å². The van der Waals surface area contributed by atoms with Gasteiger partial charge in [-0.1, -0.05) is 23.4 Å². The van der Waals surface area contributed by atoms with Gasteiger partial charge in [0.15, 0.2) is 16.8 Å². The summed E-state index contributed by atoms with van der Waals surface area (Å²) < 4.78 is 2.15. The standard InChI is InChI=1S/C19H17ClN4OS/c1-12(17(25)13-4-6-15(20)7-5-13)26-19-23-22-18(24(19)16-8-9-16)14-3-2-10-21-11-14/h2-7,10-12,16H,8-9H2,1H3. The molecule has 2 aromatic heterocycles.